The van der Waals surface area contributed by atoms with Gasteiger partial charge in [0.15, 0.2) is 0 Å². The molecular weight excluding hydrogens is 444 g/mol. The number of benzene rings is 1. The molecule has 0 heterocycles. The van der Waals surface area contributed by atoms with Crippen molar-refractivity contribution < 1.29 is 49.2 Å². The topological polar surface area (TPSA) is 245 Å². The molecule has 14 nitrogen and oxygen atoms in total. The van der Waals surface area contributed by atoms with E-state index < -0.39 is 73.1 Å². The number of carbonyl (C=O) groups is 6. The van der Waals surface area contributed by atoms with E-state index >= 15 is 0 Å². The molecular formula is C19H24N4O10. The number of carboxylic acids is 3. The zero-order valence-corrected chi connectivity index (χ0v) is 17.2. The minimum atomic E-state index is -1.76. The number of aliphatic carboxylic acids is 3. The Morgan fingerprint density at radius 2 is 1.39 bits per heavy atom. The maximum atomic E-state index is 12.6. The zero-order chi connectivity index (χ0) is 25.1. The van der Waals surface area contributed by atoms with Gasteiger partial charge in [0.25, 0.3) is 0 Å². The van der Waals surface area contributed by atoms with E-state index in [9.17, 15) is 33.9 Å². The molecule has 0 aliphatic carbocycles. The van der Waals surface area contributed by atoms with Crippen LogP contribution in [0.3, 0.4) is 0 Å². The van der Waals surface area contributed by atoms with Crippen molar-refractivity contribution >= 4 is 35.6 Å². The van der Waals surface area contributed by atoms with E-state index in [0.29, 0.717) is 5.56 Å². The molecule has 14 heteroatoms. The van der Waals surface area contributed by atoms with Gasteiger partial charge < -0.3 is 42.1 Å². The summed E-state index contributed by atoms with van der Waals surface area (Å²) in [6, 6.07) is 0.992. The van der Waals surface area contributed by atoms with Gasteiger partial charge in [0.1, 0.15) is 17.8 Å². The second-order valence-corrected chi connectivity index (χ2v) is 6.91. The van der Waals surface area contributed by atoms with Gasteiger partial charge in [-0.25, -0.2) is 4.79 Å². The lowest BCUT2D eigenvalue weighted by molar-refractivity contribution is -0.147. The van der Waals surface area contributed by atoms with E-state index in [-0.39, 0.29) is 12.2 Å². The van der Waals surface area contributed by atoms with E-state index in [2.05, 4.69) is 10.6 Å². The van der Waals surface area contributed by atoms with Gasteiger partial charge in [-0.15, -0.1) is 0 Å². The fraction of sp³-hybridized carbons (Fsp3) is 0.368. The predicted molar refractivity (Wildman–Crippen MR) is 109 cm³/mol. The lowest BCUT2D eigenvalue weighted by atomic mass is 10.0. The summed E-state index contributed by atoms with van der Waals surface area (Å²) in [4.78, 5) is 69.3. The van der Waals surface area contributed by atoms with Crippen LogP contribution >= 0.6 is 0 Å². The summed E-state index contributed by atoms with van der Waals surface area (Å²) in [5.41, 5.74) is 5.84. The molecule has 3 atom stereocenters. The Hall–Kier alpha value is -4.20. The Bertz CT molecular complexity index is 902. The molecule has 180 valence electrons. The largest absolute Gasteiger partial charge is 0.508 e. The molecule has 0 aromatic heterocycles. The van der Waals surface area contributed by atoms with Crippen LogP contribution < -0.4 is 21.7 Å². The number of rotatable bonds is 13. The van der Waals surface area contributed by atoms with Crippen molar-refractivity contribution in [3.8, 4) is 5.75 Å². The second kappa shape index (κ2) is 12.6. The number of phenolic OH excluding ortho intramolecular Hbond substituents is 1. The van der Waals surface area contributed by atoms with Crippen LogP contribution in [-0.2, 0) is 35.2 Å². The van der Waals surface area contributed by atoms with Gasteiger partial charge >= 0.3 is 17.9 Å². The first-order valence-electron chi connectivity index (χ1n) is 9.46. The monoisotopic (exact) mass is 468 g/mol. The average molecular weight is 468 g/mol. The second-order valence-electron chi connectivity index (χ2n) is 6.91. The minimum absolute atomic E-state index is 0.0587. The lowest BCUT2D eigenvalue weighted by Gasteiger charge is -2.21. The molecule has 0 aliphatic rings. The van der Waals surface area contributed by atoms with Crippen LogP contribution in [0.25, 0.3) is 0 Å². The highest BCUT2D eigenvalue weighted by Gasteiger charge is 2.28. The summed E-state index contributed by atoms with van der Waals surface area (Å²) in [6.45, 7) is -0.664. The number of carbonyl (C=O) groups excluding carboxylic acids is 3. The molecule has 1 aromatic rings. The molecule has 9 N–H and O–H groups in total. The van der Waals surface area contributed by atoms with Gasteiger partial charge in [-0.1, -0.05) is 12.1 Å². The van der Waals surface area contributed by atoms with E-state index in [1.54, 1.807) is 0 Å². The van der Waals surface area contributed by atoms with Crippen LogP contribution in [0.5, 0.6) is 5.75 Å². The number of nitrogens with one attached hydrogen (secondary N) is 3. The van der Waals surface area contributed by atoms with E-state index in [4.69, 9.17) is 21.1 Å². The average Bonchev–Trinajstić information content (AvgIpc) is 2.71. The number of carboxylic acid groups (broad SMARTS) is 3. The Kier molecular flexibility index (Phi) is 10.3. The van der Waals surface area contributed by atoms with E-state index in [0.717, 1.165) is 0 Å². The summed E-state index contributed by atoms with van der Waals surface area (Å²) in [5.74, 6) is -7.24. The van der Waals surface area contributed by atoms with Crippen LogP contribution in [0, 0.1) is 0 Å². The minimum Gasteiger partial charge on any atom is -0.508 e. The Balaban J connectivity index is 2.89. The number of nitrogens with two attached hydrogens (primary N) is 1. The van der Waals surface area contributed by atoms with Crippen molar-refractivity contribution in [3.63, 3.8) is 0 Å². The van der Waals surface area contributed by atoms with Gasteiger partial charge in [0, 0.05) is 6.42 Å². The van der Waals surface area contributed by atoms with E-state index in [1.807, 2.05) is 5.32 Å². The van der Waals surface area contributed by atoms with Crippen LogP contribution in [0.2, 0.25) is 0 Å². The van der Waals surface area contributed by atoms with Crippen molar-refractivity contribution in [1.29, 1.82) is 0 Å². The maximum Gasteiger partial charge on any atom is 0.326 e. The summed E-state index contributed by atoms with van der Waals surface area (Å²) < 4.78 is 0. The van der Waals surface area contributed by atoms with Gasteiger partial charge in [0.05, 0.1) is 25.4 Å². The third-order valence-corrected chi connectivity index (χ3v) is 4.18. The molecule has 3 unspecified atom stereocenters. The third kappa shape index (κ3) is 10.1. The van der Waals surface area contributed by atoms with Gasteiger partial charge in [0.2, 0.25) is 17.7 Å². The number of phenols is 1. The zero-order valence-electron chi connectivity index (χ0n) is 17.2. The van der Waals surface area contributed by atoms with Crippen LogP contribution in [0.15, 0.2) is 24.3 Å². The Morgan fingerprint density at radius 1 is 0.818 bits per heavy atom. The SMILES string of the molecule is NC(CC(=O)O)C(=O)NCC(=O)NC(Cc1ccc(O)cc1)C(=O)NC(CC(=O)O)C(=O)O. The number of hydrogen-bond donors (Lipinski definition) is 8. The number of hydrogen-bond acceptors (Lipinski definition) is 8. The summed E-state index contributed by atoms with van der Waals surface area (Å²) >= 11 is 0. The highest BCUT2D eigenvalue weighted by atomic mass is 16.4. The molecule has 1 rings (SSSR count). The highest BCUT2D eigenvalue weighted by Crippen LogP contribution is 2.12. The number of amides is 3. The Labute approximate surface area is 186 Å². The van der Waals surface area contributed by atoms with Crippen molar-refractivity contribution in [3.05, 3.63) is 29.8 Å². The van der Waals surface area contributed by atoms with Gasteiger partial charge in [-0.05, 0) is 17.7 Å². The fourth-order valence-corrected chi connectivity index (χ4v) is 2.55. The molecule has 3 amide bonds. The van der Waals surface area contributed by atoms with Gasteiger partial charge in [-0.2, -0.15) is 0 Å². The smallest absolute Gasteiger partial charge is 0.326 e. The van der Waals surface area contributed by atoms with Crippen molar-refractivity contribution in [2.75, 3.05) is 6.54 Å². The molecule has 0 spiro atoms. The fourth-order valence-electron chi connectivity index (χ4n) is 2.55. The normalized spacial score (nSPS) is 13.1. The molecule has 0 bridgehead atoms. The Morgan fingerprint density at radius 3 is 1.91 bits per heavy atom. The molecule has 0 fully saturated rings. The first-order valence-corrected chi connectivity index (χ1v) is 9.46. The molecule has 33 heavy (non-hydrogen) atoms. The molecule has 0 radical (unpaired) electrons. The van der Waals surface area contributed by atoms with Crippen LogP contribution in [-0.4, -0.2) is 80.7 Å². The van der Waals surface area contributed by atoms with Crippen molar-refractivity contribution in [1.82, 2.24) is 16.0 Å². The van der Waals surface area contributed by atoms with Crippen LogP contribution in [0.1, 0.15) is 18.4 Å². The van der Waals surface area contributed by atoms with Crippen LogP contribution in [0.4, 0.5) is 0 Å². The predicted octanol–water partition coefficient (Wildman–Crippen LogP) is -2.62. The summed E-state index contributed by atoms with van der Waals surface area (Å²) in [5, 5.41) is 42.4. The highest BCUT2D eigenvalue weighted by molar-refractivity contribution is 5.94. The quantitative estimate of drug-likeness (QED) is 0.149. The molecule has 0 saturated carbocycles. The number of aromatic hydroxyl groups is 1. The van der Waals surface area contributed by atoms with Gasteiger partial charge in [-0.3, -0.25) is 24.0 Å². The first kappa shape index (κ1) is 26.8. The molecule has 1 aromatic carbocycles. The summed E-state index contributed by atoms with van der Waals surface area (Å²) in [6.07, 6.45) is -1.73. The lowest BCUT2D eigenvalue weighted by Crippen LogP contribution is -2.54. The van der Waals surface area contributed by atoms with E-state index in [1.165, 1.54) is 24.3 Å². The molecule has 0 aliphatic heterocycles. The van der Waals surface area contributed by atoms with Crippen molar-refractivity contribution in [2.45, 2.75) is 37.4 Å². The maximum absolute atomic E-state index is 12.6. The summed E-state index contributed by atoms with van der Waals surface area (Å²) in [7, 11) is 0. The standard InChI is InChI=1S/C19H24N4O10/c20-11(6-15(26)27)17(30)21-8-14(25)22-12(5-9-1-3-10(24)4-2-9)18(31)23-13(19(32)33)7-16(28)29/h1-4,11-13,24H,5-8,20H2,(H,21,30)(H,22,25)(H,23,31)(H,26,27)(H,28,29)(H,32,33). The van der Waals surface area contributed by atoms with Crippen molar-refractivity contribution in [2.24, 2.45) is 5.73 Å². The first-order chi connectivity index (χ1) is 15.4. The molecule has 0 saturated heterocycles. The third-order valence-electron chi connectivity index (χ3n) is 4.18.